The molecule has 1 fully saturated rings. The van der Waals surface area contributed by atoms with Crippen LogP contribution < -0.4 is 0 Å². The fraction of sp³-hybridized carbons (Fsp3) is 0.231. The average Bonchev–Trinajstić information content (AvgIpc) is 3.03. The van der Waals surface area contributed by atoms with Gasteiger partial charge in [-0.1, -0.05) is 12.1 Å². The summed E-state index contributed by atoms with van der Waals surface area (Å²) in [5.74, 6) is -1.24. The molecular formula is C13H11FN2O2. The Hall–Kier alpha value is -2.17. The van der Waals surface area contributed by atoms with E-state index in [4.69, 9.17) is 5.11 Å². The number of hydrogen-bond acceptors (Lipinski definition) is 2. The van der Waals surface area contributed by atoms with E-state index in [-0.39, 0.29) is 5.82 Å². The molecule has 0 amide bonds. The normalized spacial score (nSPS) is 16.5. The van der Waals surface area contributed by atoms with Crippen molar-refractivity contribution in [1.29, 1.82) is 0 Å². The van der Waals surface area contributed by atoms with E-state index in [0.29, 0.717) is 24.2 Å². The fourth-order valence-corrected chi connectivity index (χ4v) is 2.06. The SMILES string of the molecule is O=C(O)C1(c2ccn(-c3ccccc3F)n2)CC1. The van der Waals surface area contributed by atoms with Crippen LogP contribution in [0.1, 0.15) is 18.5 Å². The molecule has 0 bridgehead atoms. The second-order valence-corrected chi connectivity index (χ2v) is 4.48. The lowest BCUT2D eigenvalue weighted by atomic mass is 10.0. The van der Waals surface area contributed by atoms with Crippen LogP contribution in [0.4, 0.5) is 4.39 Å². The highest BCUT2D eigenvalue weighted by atomic mass is 19.1. The van der Waals surface area contributed by atoms with Gasteiger partial charge in [-0.15, -0.1) is 0 Å². The van der Waals surface area contributed by atoms with Crippen LogP contribution in [0, 0.1) is 5.82 Å². The first kappa shape index (κ1) is 11.0. The molecule has 1 saturated carbocycles. The van der Waals surface area contributed by atoms with Crippen LogP contribution in [0.2, 0.25) is 0 Å². The molecule has 1 aliphatic rings. The number of aliphatic carboxylic acids is 1. The lowest BCUT2D eigenvalue weighted by Crippen LogP contribution is -2.20. The van der Waals surface area contributed by atoms with Crippen LogP contribution in [0.3, 0.4) is 0 Å². The standard InChI is InChI=1S/C13H11FN2O2/c14-9-3-1-2-4-10(9)16-8-5-11(15-16)13(6-7-13)12(17)18/h1-5,8H,6-7H2,(H,17,18). The van der Waals surface area contributed by atoms with Gasteiger partial charge in [-0.25, -0.2) is 9.07 Å². The number of carboxylic acid groups (broad SMARTS) is 1. The summed E-state index contributed by atoms with van der Waals surface area (Å²) in [6.45, 7) is 0. The summed E-state index contributed by atoms with van der Waals surface area (Å²) in [5.41, 5.74) is -0.0283. The average molecular weight is 246 g/mol. The van der Waals surface area contributed by atoms with Crippen molar-refractivity contribution >= 4 is 5.97 Å². The van der Waals surface area contributed by atoms with Crippen molar-refractivity contribution in [3.05, 3.63) is 48.0 Å². The van der Waals surface area contributed by atoms with Crippen molar-refractivity contribution in [1.82, 2.24) is 9.78 Å². The van der Waals surface area contributed by atoms with E-state index in [0.717, 1.165) is 0 Å². The van der Waals surface area contributed by atoms with Crippen molar-refractivity contribution in [2.24, 2.45) is 0 Å². The topological polar surface area (TPSA) is 55.1 Å². The summed E-state index contributed by atoms with van der Waals surface area (Å²) < 4.78 is 15.0. The Bertz CT molecular complexity index is 617. The van der Waals surface area contributed by atoms with Crippen molar-refractivity contribution in [2.75, 3.05) is 0 Å². The number of para-hydroxylation sites is 1. The Morgan fingerprint density at radius 2 is 2.06 bits per heavy atom. The second kappa shape index (κ2) is 3.66. The number of rotatable bonds is 3. The summed E-state index contributed by atoms with van der Waals surface area (Å²) >= 11 is 0. The Balaban J connectivity index is 2.01. The molecule has 1 N–H and O–H groups in total. The van der Waals surface area contributed by atoms with Crippen LogP contribution in [-0.4, -0.2) is 20.9 Å². The summed E-state index contributed by atoms with van der Waals surface area (Å²) in [5, 5.41) is 13.4. The Morgan fingerprint density at radius 1 is 1.33 bits per heavy atom. The summed E-state index contributed by atoms with van der Waals surface area (Å²) in [6.07, 6.45) is 2.78. The number of carboxylic acids is 1. The van der Waals surface area contributed by atoms with Gasteiger partial charge in [0.15, 0.2) is 0 Å². The zero-order valence-electron chi connectivity index (χ0n) is 9.51. The molecule has 0 aliphatic heterocycles. The Labute approximate surface area is 103 Å². The van der Waals surface area contributed by atoms with E-state index in [1.165, 1.54) is 10.7 Å². The van der Waals surface area contributed by atoms with E-state index in [1.807, 2.05) is 0 Å². The zero-order chi connectivity index (χ0) is 12.8. The molecule has 1 heterocycles. The number of carbonyl (C=O) groups is 1. The van der Waals surface area contributed by atoms with Crippen molar-refractivity contribution < 1.29 is 14.3 Å². The molecule has 0 spiro atoms. The third kappa shape index (κ3) is 1.51. The van der Waals surface area contributed by atoms with Gasteiger partial charge in [0.2, 0.25) is 0 Å². The quantitative estimate of drug-likeness (QED) is 0.902. The molecule has 1 aliphatic carbocycles. The van der Waals surface area contributed by atoms with Crippen LogP contribution in [0.15, 0.2) is 36.5 Å². The number of hydrogen-bond donors (Lipinski definition) is 1. The lowest BCUT2D eigenvalue weighted by Gasteiger charge is -2.06. The van der Waals surface area contributed by atoms with Crippen LogP contribution in [0.5, 0.6) is 0 Å². The van der Waals surface area contributed by atoms with Gasteiger partial charge in [0.05, 0.1) is 5.69 Å². The van der Waals surface area contributed by atoms with E-state index < -0.39 is 11.4 Å². The largest absolute Gasteiger partial charge is 0.481 e. The van der Waals surface area contributed by atoms with Crippen LogP contribution in [-0.2, 0) is 10.2 Å². The minimum atomic E-state index is -0.860. The molecule has 0 radical (unpaired) electrons. The van der Waals surface area contributed by atoms with Gasteiger partial charge in [-0.2, -0.15) is 5.10 Å². The van der Waals surface area contributed by atoms with Gasteiger partial charge in [-0.3, -0.25) is 4.79 Å². The summed E-state index contributed by atoms with van der Waals surface area (Å²) in [7, 11) is 0. The monoisotopic (exact) mass is 246 g/mol. The summed E-state index contributed by atoms with van der Waals surface area (Å²) in [6, 6.07) is 7.91. The maximum Gasteiger partial charge on any atom is 0.315 e. The predicted octanol–water partition coefficient (Wildman–Crippen LogP) is 2.13. The van der Waals surface area contributed by atoms with Crippen molar-refractivity contribution in [3.8, 4) is 5.69 Å². The highest BCUT2D eigenvalue weighted by Crippen LogP contribution is 2.47. The molecule has 0 unspecified atom stereocenters. The first-order valence-electron chi connectivity index (χ1n) is 5.68. The molecule has 4 nitrogen and oxygen atoms in total. The Morgan fingerprint density at radius 3 is 2.67 bits per heavy atom. The van der Waals surface area contributed by atoms with E-state index in [9.17, 15) is 9.18 Å². The van der Waals surface area contributed by atoms with E-state index in [1.54, 1.807) is 30.5 Å². The Kier molecular flexibility index (Phi) is 2.23. The highest BCUT2D eigenvalue weighted by Gasteiger charge is 2.53. The molecular weight excluding hydrogens is 235 g/mol. The molecule has 3 rings (SSSR count). The molecule has 18 heavy (non-hydrogen) atoms. The number of benzene rings is 1. The first-order valence-corrected chi connectivity index (χ1v) is 5.68. The fourth-order valence-electron chi connectivity index (χ4n) is 2.06. The number of nitrogens with zero attached hydrogens (tertiary/aromatic N) is 2. The van der Waals surface area contributed by atoms with E-state index in [2.05, 4.69) is 5.10 Å². The molecule has 2 aromatic rings. The molecule has 5 heteroatoms. The van der Waals surface area contributed by atoms with Crippen molar-refractivity contribution in [3.63, 3.8) is 0 Å². The van der Waals surface area contributed by atoms with Gasteiger partial charge in [0, 0.05) is 6.20 Å². The maximum atomic E-state index is 13.6. The molecule has 0 saturated heterocycles. The zero-order valence-corrected chi connectivity index (χ0v) is 9.51. The first-order chi connectivity index (χ1) is 8.63. The van der Waals surface area contributed by atoms with Gasteiger partial charge in [0.1, 0.15) is 16.9 Å². The van der Waals surface area contributed by atoms with Gasteiger partial charge in [-0.05, 0) is 31.0 Å². The minimum absolute atomic E-state index is 0.324. The van der Waals surface area contributed by atoms with E-state index >= 15 is 0 Å². The molecule has 92 valence electrons. The van der Waals surface area contributed by atoms with Gasteiger partial charge >= 0.3 is 5.97 Å². The molecule has 1 aromatic carbocycles. The third-order valence-corrected chi connectivity index (χ3v) is 3.34. The number of aromatic nitrogens is 2. The van der Waals surface area contributed by atoms with Gasteiger partial charge < -0.3 is 5.11 Å². The maximum absolute atomic E-state index is 13.6. The third-order valence-electron chi connectivity index (χ3n) is 3.34. The van der Waals surface area contributed by atoms with Crippen molar-refractivity contribution in [2.45, 2.75) is 18.3 Å². The molecule has 1 aromatic heterocycles. The number of halogens is 1. The smallest absolute Gasteiger partial charge is 0.315 e. The highest BCUT2D eigenvalue weighted by molar-refractivity contribution is 5.84. The second-order valence-electron chi connectivity index (χ2n) is 4.48. The molecule has 0 atom stereocenters. The summed E-state index contributed by atoms with van der Waals surface area (Å²) in [4.78, 5) is 11.2. The van der Waals surface area contributed by atoms with Crippen LogP contribution >= 0.6 is 0 Å². The predicted molar refractivity (Wildman–Crippen MR) is 62.1 cm³/mol. The van der Waals surface area contributed by atoms with Gasteiger partial charge in [0.25, 0.3) is 0 Å². The minimum Gasteiger partial charge on any atom is -0.481 e. The van der Waals surface area contributed by atoms with Crippen LogP contribution in [0.25, 0.3) is 5.69 Å². The lowest BCUT2D eigenvalue weighted by molar-refractivity contribution is -0.140.